The van der Waals surface area contributed by atoms with E-state index in [1.54, 1.807) is 18.2 Å². The summed E-state index contributed by atoms with van der Waals surface area (Å²) in [5, 5.41) is 11.3. The Bertz CT molecular complexity index is 1340. The summed E-state index contributed by atoms with van der Waals surface area (Å²) < 4.78 is 74.7. The van der Waals surface area contributed by atoms with Crippen LogP contribution in [0.4, 0.5) is 43.9 Å². The van der Waals surface area contributed by atoms with E-state index in [9.17, 15) is 31.5 Å². The molecule has 226 valence electrons. The summed E-state index contributed by atoms with van der Waals surface area (Å²) in [6.07, 6.45) is -2.18. The van der Waals surface area contributed by atoms with Crippen molar-refractivity contribution in [2.24, 2.45) is 0 Å². The Hall–Kier alpha value is -4.27. The Morgan fingerprint density at radius 3 is 2.21 bits per heavy atom. The van der Waals surface area contributed by atoms with Gasteiger partial charge in [-0.15, -0.1) is 0 Å². The highest BCUT2D eigenvalue weighted by Crippen LogP contribution is 2.27. The number of carbonyl (C=O) groups is 2. The molecule has 0 aliphatic carbocycles. The molecule has 4 rings (SSSR count). The largest absolute Gasteiger partial charge is 0.489 e. The van der Waals surface area contributed by atoms with Gasteiger partial charge in [-0.25, -0.2) is 18.6 Å². The smallest absolute Gasteiger partial charge is 0.401 e. The fraction of sp³-hybridized carbons (Fsp3) is 0.407. The number of carbonyl (C=O) groups excluding carboxylic acids is 2. The molecule has 0 saturated carbocycles. The van der Waals surface area contributed by atoms with E-state index in [2.05, 4.69) is 26.1 Å². The van der Waals surface area contributed by atoms with Crippen LogP contribution in [0, 0.1) is 0 Å². The third-order valence-corrected chi connectivity index (χ3v) is 6.55. The van der Waals surface area contributed by atoms with Crippen LogP contribution in [0.25, 0.3) is 0 Å². The molecule has 0 atom stereocenters. The van der Waals surface area contributed by atoms with E-state index in [1.165, 1.54) is 42.3 Å². The summed E-state index contributed by atoms with van der Waals surface area (Å²) in [6.45, 7) is -1.04. The number of nitrogens with one attached hydrogen (secondary N) is 3. The number of halogens is 5. The highest BCUT2D eigenvalue weighted by Gasteiger charge is 2.33. The van der Waals surface area contributed by atoms with Crippen molar-refractivity contribution in [2.75, 3.05) is 48.9 Å². The van der Waals surface area contributed by atoms with Crippen molar-refractivity contribution in [3.05, 3.63) is 60.1 Å². The lowest BCUT2D eigenvalue weighted by Crippen LogP contribution is -2.42. The van der Waals surface area contributed by atoms with Gasteiger partial charge in [0.25, 0.3) is 5.91 Å². The van der Waals surface area contributed by atoms with Crippen molar-refractivity contribution in [3.8, 4) is 5.75 Å². The van der Waals surface area contributed by atoms with Crippen LogP contribution in [0.3, 0.4) is 0 Å². The number of anilines is 3. The monoisotopic (exact) mass is 596 g/mol. The second kappa shape index (κ2) is 13.1. The van der Waals surface area contributed by atoms with Crippen molar-refractivity contribution in [3.63, 3.8) is 0 Å². The molecule has 0 bridgehead atoms. The Morgan fingerprint density at radius 2 is 1.64 bits per heavy atom. The summed E-state index contributed by atoms with van der Waals surface area (Å²) in [5.74, 6) is -0.135. The molecule has 1 saturated heterocycles. The fourth-order valence-corrected chi connectivity index (χ4v) is 4.11. The Balaban J connectivity index is 1.23. The predicted octanol–water partition coefficient (Wildman–Crippen LogP) is 5.57. The molecular formula is C27H29F5N6O4. The molecule has 1 aliphatic heterocycles. The van der Waals surface area contributed by atoms with Gasteiger partial charge < -0.3 is 19.9 Å². The molecule has 10 nitrogen and oxygen atoms in total. The van der Waals surface area contributed by atoms with Gasteiger partial charge in [-0.05, 0) is 56.2 Å². The summed E-state index contributed by atoms with van der Waals surface area (Å²) in [4.78, 5) is 30.3. The van der Waals surface area contributed by atoms with Gasteiger partial charge in [-0.2, -0.15) is 13.2 Å². The van der Waals surface area contributed by atoms with E-state index in [-0.39, 0.29) is 36.5 Å². The molecule has 3 aromatic rings. The molecule has 0 radical (unpaired) electrons. The van der Waals surface area contributed by atoms with Crippen molar-refractivity contribution in [1.29, 1.82) is 0 Å². The number of benzene rings is 1. The Labute approximate surface area is 237 Å². The minimum Gasteiger partial charge on any atom is -0.489 e. The number of pyridine rings is 1. The first-order valence-electron chi connectivity index (χ1n) is 13.0. The number of ether oxygens (including phenoxy) is 1. The van der Waals surface area contributed by atoms with Crippen molar-refractivity contribution in [2.45, 2.75) is 37.5 Å². The summed E-state index contributed by atoms with van der Waals surface area (Å²) >= 11 is 0. The number of hydrogen-bond donors (Lipinski definition) is 3. The minimum absolute atomic E-state index is 0.0188. The number of hydrogen-bond acceptors (Lipinski definition) is 7. The second-order valence-corrected chi connectivity index (χ2v) is 10.1. The van der Waals surface area contributed by atoms with Crippen LogP contribution in [0.15, 0.2) is 53.2 Å². The highest BCUT2D eigenvalue weighted by atomic mass is 19.4. The van der Waals surface area contributed by atoms with Crippen molar-refractivity contribution in [1.82, 2.24) is 15.0 Å². The van der Waals surface area contributed by atoms with E-state index in [1.807, 2.05) is 0 Å². The van der Waals surface area contributed by atoms with Crippen molar-refractivity contribution >= 4 is 29.1 Å². The van der Waals surface area contributed by atoms with Gasteiger partial charge in [0.2, 0.25) is 0 Å². The second-order valence-electron chi connectivity index (χ2n) is 10.1. The number of nitrogens with zero attached hydrogens (tertiary/aromatic N) is 3. The first-order valence-corrected chi connectivity index (χ1v) is 13.0. The molecule has 0 spiro atoms. The summed E-state index contributed by atoms with van der Waals surface area (Å²) in [7, 11) is 0. The maximum atomic E-state index is 13.1. The average Bonchev–Trinajstić information content (AvgIpc) is 3.43. The van der Waals surface area contributed by atoms with E-state index in [0.717, 1.165) is 0 Å². The van der Waals surface area contributed by atoms with E-state index >= 15 is 0 Å². The van der Waals surface area contributed by atoms with Crippen LogP contribution in [-0.2, 0) is 5.41 Å². The Morgan fingerprint density at radius 1 is 1.00 bits per heavy atom. The number of piperidine rings is 1. The van der Waals surface area contributed by atoms with Crippen LogP contribution in [0.5, 0.6) is 5.75 Å². The third-order valence-electron chi connectivity index (χ3n) is 6.55. The van der Waals surface area contributed by atoms with E-state index in [4.69, 9.17) is 9.26 Å². The quantitative estimate of drug-likeness (QED) is 0.262. The zero-order valence-electron chi connectivity index (χ0n) is 22.5. The van der Waals surface area contributed by atoms with E-state index in [0.29, 0.717) is 30.0 Å². The molecule has 1 aliphatic rings. The fourth-order valence-electron chi connectivity index (χ4n) is 4.11. The van der Waals surface area contributed by atoms with Crippen molar-refractivity contribution < 1.29 is 40.8 Å². The zero-order valence-corrected chi connectivity index (χ0v) is 22.5. The minimum atomic E-state index is -4.23. The first-order chi connectivity index (χ1) is 20.0. The van der Waals surface area contributed by atoms with Gasteiger partial charge in [0.1, 0.15) is 36.7 Å². The molecule has 3 amide bonds. The molecule has 1 fully saturated rings. The third kappa shape index (κ3) is 8.38. The summed E-state index contributed by atoms with van der Waals surface area (Å²) in [5.41, 5.74) is -0.558. The molecule has 2 aromatic heterocycles. The number of rotatable bonds is 10. The Kier molecular flexibility index (Phi) is 9.60. The zero-order chi connectivity index (χ0) is 30.3. The maximum absolute atomic E-state index is 13.1. The number of alkyl halides is 5. The molecule has 3 heterocycles. The standard InChI is InChI=1S/C27H29F5N6O4/c1-26(14-28,15-29)22-12-23(37-42-22)36-25(40)35-18-4-2-17(3-5-18)34-24(39)21-7-6-20(13-33-21)41-19-8-10-38(11-9-19)16-27(30,31)32/h2-7,12-13,19H,8-11,14-16H2,1H3,(H,34,39)(H2,35,36,37,40). The van der Waals surface area contributed by atoms with Gasteiger partial charge in [0, 0.05) is 30.5 Å². The van der Waals surface area contributed by atoms with Gasteiger partial charge in [-0.3, -0.25) is 15.0 Å². The molecule has 3 N–H and O–H groups in total. The first kappa shape index (κ1) is 30.7. The molecule has 0 unspecified atom stereocenters. The lowest BCUT2D eigenvalue weighted by molar-refractivity contribution is -0.149. The number of amides is 3. The van der Waals surface area contributed by atoms with Crippen LogP contribution >= 0.6 is 0 Å². The molecular weight excluding hydrogens is 567 g/mol. The highest BCUT2D eigenvalue weighted by molar-refractivity contribution is 6.03. The van der Waals surface area contributed by atoms with Gasteiger partial charge in [-0.1, -0.05) is 5.16 Å². The lowest BCUT2D eigenvalue weighted by Gasteiger charge is -2.32. The lowest BCUT2D eigenvalue weighted by atomic mass is 9.91. The summed E-state index contributed by atoms with van der Waals surface area (Å²) in [6, 6.07) is 9.80. The topological polar surface area (TPSA) is 122 Å². The molecule has 1 aromatic carbocycles. The van der Waals surface area contributed by atoms with Crippen LogP contribution < -0.4 is 20.7 Å². The predicted molar refractivity (Wildman–Crippen MR) is 143 cm³/mol. The maximum Gasteiger partial charge on any atom is 0.401 e. The van der Waals surface area contributed by atoms with Crippen LogP contribution in [-0.4, -0.2) is 72.2 Å². The van der Waals surface area contributed by atoms with Gasteiger partial charge >= 0.3 is 12.2 Å². The molecule has 15 heteroatoms. The van der Waals surface area contributed by atoms with Gasteiger partial charge in [0.15, 0.2) is 5.82 Å². The van der Waals surface area contributed by atoms with Gasteiger partial charge in [0.05, 0.1) is 18.2 Å². The number of likely N-dealkylation sites (tertiary alicyclic amines) is 1. The van der Waals surface area contributed by atoms with Crippen LogP contribution in [0.2, 0.25) is 0 Å². The normalized spacial score (nSPS) is 14.8. The van der Waals surface area contributed by atoms with Crippen LogP contribution in [0.1, 0.15) is 36.0 Å². The number of aromatic nitrogens is 2. The number of urea groups is 1. The average molecular weight is 597 g/mol. The SMILES string of the molecule is CC(CF)(CF)c1cc(NC(=O)Nc2ccc(NC(=O)c3ccc(OC4CCN(CC(F)(F)F)CC4)cn3)cc2)no1. The van der Waals surface area contributed by atoms with E-state index < -0.39 is 43.4 Å². The molecule has 42 heavy (non-hydrogen) atoms.